The molecule has 1 heterocycles. The molecule has 0 amide bonds. The van der Waals surface area contributed by atoms with Gasteiger partial charge >= 0.3 is 6.18 Å². The molecule has 1 aliphatic rings. The first-order valence-electron chi connectivity index (χ1n) is 6.08. The lowest BCUT2D eigenvalue weighted by molar-refractivity contribution is -0.157. The molecule has 0 bridgehead atoms. The maximum Gasteiger partial charge on any atom is 0.407 e. The lowest BCUT2D eigenvalue weighted by Crippen LogP contribution is -2.34. The van der Waals surface area contributed by atoms with Crippen LogP contribution in [0.5, 0.6) is 5.75 Å². The Morgan fingerprint density at radius 2 is 2.17 bits per heavy atom. The Hall–Kier alpha value is -1.23. The van der Waals surface area contributed by atoms with E-state index in [1.165, 1.54) is 6.07 Å². The normalized spacial score (nSPS) is 16.2. The molecule has 1 aromatic rings. The van der Waals surface area contributed by atoms with Crippen molar-refractivity contribution in [3.8, 4) is 5.75 Å². The highest BCUT2D eigenvalue weighted by Gasteiger charge is 2.40. The maximum absolute atomic E-state index is 13.0. The van der Waals surface area contributed by atoms with Crippen LogP contribution in [0.25, 0.3) is 0 Å². The Morgan fingerprint density at radius 1 is 1.39 bits per heavy atom. The molecule has 100 valence electrons. The second-order valence-electron chi connectivity index (χ2n) is 4.39. The van der Waals surface area contributed by atoms with Crippen molar-refractivity contribution in [3.63, 3.8) is 0 Å². The van der Waals surface area contributed by atoms with Gasteiger partial charge in [0.05, 0.1) is 6.61 Å². The van der Waals surface area contributed by atoms with Crippen LogP contribution in [0.4, 0.5) is 13.2 Å². The van der Waals surface area contributed by atoms with E-state index in [1.807, 2.05) is 6.92 Å². The third-order valence-electron chi connectivity index (χ3n) is 2.97. The van der Waals surface area contributed by atoms with E-state index in [9.17, 15) is 13.2 Å². The van der Waals surface area contributed by atoms with Crippen molar-refractivity contribution >= 4 is 0 Å². The highest BCUT2D eigenvalue weighted by Crippen LogP contribution is 2.35. The average Bonchev–Trinajstić information content (AvgIpc) is 2.75. The van der Waals surface area contributed by atoms with Crippen LogP contribution in [0.15, 0.2) is 18.2 Å². The first-order chi connectivity index (χ1) is 8.52. The molecular weight excluding hydrogens is 243 g/mol. The molecule has 1 unspecified atom stereocenters. The fourth-order valence-electron chi connectivity index (χ4n) is 2.10. The summed E-state index contributed by atoms with van der Waals surface area (Å²) in [5, 5.41) is 2.55. The molecule has 1 atom stereocenters. The monoisotopic (exact) mass is 259 g/mol. The summed E-state index contributed by atoms with van der Waals surface area (Å²) in [4.78, 5) is 0. The molecule has 0 aromatic heterocycles. The van der Waals surface area contributed by atoms with Gasteiger partial charge in [0.15, 0.2) is 0 Å². The smallest absolute Gasteiger partial charge is 0.407 e. The Bertz CT molecular complexity index is 417. The van der Waals surface area contributed by atoms with Gasteiger partial charge in [-0.1, -0.05) is 19.1 Å². The summed E-state index contributed by atoms with van der Waals surface area (Å²) in [7, 11) is 0. The van der Waals surface area contributed by atoms with Crippen LogP contribution < -0.4 is 10.1 Å². The average molecular weight is 259 g/mol. The Kier molecular flexibility index (Phi) is 3.80. The van der Waals surface area contributed by atoms with E-state index in [1.54, 1.807) is 12.1 Å². The predicted octanol–water partition coefficient (Wildman–Crippen LogP) is 3.22. The maximum atomic E-state index is 13.0. The molecule has 0 saturated carbocycles. The van der Waals surface area contributed by atoms with Gasteiger partial charge in [0.2, 0.25) is 0 Å². The van der Waals surface area contributed by atoms with Crippen LogP contribution in [0.2, 0.25) is 0 Å². The summed E-state index contributed by atoms with van der Waals surface area (Å²) in [5.74, 6) is 0.704. The molecule has 0 spiro atoms. The molecule has 0 radical (unpaired) electrons. The minimum atomic E-state index is -4.27. The molecule has 1 aliphatic heterocycles. The van der Waals surface area contributed by atoms with Gasteiger partial charge in [0, 0.05) is 6.42 Å². The quantitative estimate of drug-likeness (QED) is 0.896. The summed E-state index contributed by atoms with van der Waals surface area (Å²) in [6.07, 6.45) is -2.93. The topological polar surface area (TPSA) is 21.3 Å². The Balaban J connectivity index is 2.25. The highest BCUT2D eigenvalue weighted by molar-refractivity contribution is 5.41. The van der Waals surface area contributed by atoms with Gasteiger partial charge < -0.3 is 10.1 Å². The van der Waals surface area contributed by atoms with Crippen molar-refractivity contribution in [2.24, 2.45) is 0 Å². The lowest BCUT2D eigenvalue weighted by atomic mass is 10.0. The predicted molar refractivity (Wildman–Crippen MR) is 62.7 cm³/mol. The summed E-state index contributed by atoms with van der Waals surface area (Å²) >= 11 is 0. The molecule has 2 nitrogen and oxygen atoms in total. The van der Waals surface area contributed by atoms with E-state index in [0.717, 1.165) is 5.56 Å². The van der Waals surface area contributed by atoms with Crippen LogP contribution in [0.1, 0.15) is 30.5 Å². The standard InChI is InChI=1S/C13H16F3NO/c1-2-6-17-12(13(14,15)16)10-3-4-11-9(8-10)5-7-18-11/h3-4,8,12,17H,2,5-7H2,1H3. The van der Waals surface area contributed by atoms with Crippen LogP contribution in [-0.4, -0.2) is 19.3 Å². The van der Waals surface area contributed by atoms with Gasteiger partial charge in [0.25, 0.3) is 0 Å². The summed E-state index contributed by atoms with van der Waals surface area (Å²) in [5.41, 5.74) is 1.13. The fraction of sp³-hybridized carbons (Fsp3) is 0.538. The number of halogens is 3. The third kappa shape index (κ3) is 2.77. The molecule has 0 aliphatic carbocycles. The largest absolute Gasteiger partial charge is 0.493 e. The number of benzene rings is 1. The van der Waals surface area contributed by atoms with Crippen LogP contribution >= 0.6 is 0 Å². The second-order valence-corrected chi connectivity index (χ2v) is 4.39. The van der Waals surface area contributed by atoms with E-state index in [2.05, 4.69) is 5.32 Å². The van der Waals surface area contributed by atoms with Gasteiger partial charge in [0.1, 0.15) is 11.8 Å². The van der Waals surface area contributed by atoms with Crippen molar-refractivity contribution in [2.75, 3.05) is 13.2 Å². The zero-order chi connectivity index (χ0) is 13.2. The summed E-state index contributed by atoms with van der Waals surface area (Å²) < 4.78 is 44.3. The number of nitrogens with one attached hydrogen (secondary N) is 1. The van der Waals surface area contributed by atoms with Crippen molar-refractivity contribution < 1.29 is 17.9 Å². The molecule has 1 N–H and O–H groups in total. The number of ether oxygens (including phenoxy) is 1. The van der Waals surface area contributed by atoms with E-state index in [0.29, 0.717) is 31.7 Å². The summed E-state index contributed by atoms with van der Waals surface area (Å²) in [6.45, 7) is 2.74. The zero-order valence-corrected chi connectivity index (χ0v) is 10.2. The van der Waals surface area contributed by atoms with Gasteiger partial charge in [-0.25, -0.2) is 0 Å². The number of rotatable bonds is 4. The summed E-state index contributed by atoms with van der Waals surface area (Å²) in [6, 6.07) is 3.13. The van der Waals surface area contributed by atoms with Crippen molar-refractivity contribution in [1.82, 2.24) is 5.32 Å². The van der Waals surface area contributed by atoms with Gasteiger partial charge in [-0.05, 0) is 30.2 Å². The van der Waals surface area contributed by atoms with E-state index in [-0.39, 0.29) is 5.56 Å². The molecule has 5 heteroatoms. The van der Waals surface area contributed by atoms with Crippen LogP contribution in [0, 0.1) is 0 Å². The molecule has 18 heavy (non-hydrogen) atoms. The third-order valence-corrected chi connectivity index (χ3v) is 2.97. The first-order valence-corrected chi connectivity index (χ1v) is 6.08. The minimum absolute atomic E-state index is 0.264. The van der Waals surface area contributed by atoms with Crippen molar-refractivity contribution in [2.45, 2.75) is 32.0 Å². The highest BCUT2D eigenvalue weighted by atomic mass is 19.4. The molecule has 2 rings (SSSR count). The van der Waals surface area contributed by atoms with Crippen molar-refractivity contribution in [1.29, 1.82) is 0 Å². The van der Waals surface area contributed by atoms with Crippen molar-refractivity contribution in [3.05, 3.63) is 29.3 Å². The molecule has 0 saturated heterocycles. The number of alkyl halides is 3. The van der Waals surface area contributed by atoms with E-state index >= 15 is 0 Å². The first kappa shape index (κ1) is 13.2. The SMILES string of the molecule is CCCNC(c1ccc2c(c1)CCO2)C(F)(F)F. The van der Waals surface area contributed by atoms with Gasteiger partial charge in [-0.3, -0.25) is 0 Å². The van der Waals surface area contributed by atoms with E-state index < -0.39 is 12.2 Å². The zero-order valence-electron chi connectivity index (χ0n) is 10.2. The lowest BCUT2D eigenvalue weighted by Gasteiger charge is -2.22. The second kappa shape index (κ2) is 5.18. The Labute approximate surface area is 104 Å². The molecular formula is C13H16F3NO. The number of hydrogen-bond donors (Lipinski definition) is 1. The van der Waals surface area contributed by atoms with Crippen LogP contribution in [0.3, 0.4) is 0 Å². The van der Waals surface area contributed by atoms with Gasteiger partial charge in [-0.15, -0.1) is 0 Å². The molecule has 0 fully saturated rings. The fourth-order valence-corrected chi connectivity index (χ4v) is 2.10. The minimum Gasteiger partial charge on any atom is -0.493 e. The van der Waals surface area contributed by atoms with Crippen LogP contribution in [-0.2, 0) is 6.42 Å². The van der Waals surface area contributed by atoms with Gasteiger partial charge in [-0.2, -0.15) is 13.2 Å². The number of hydrogen-bond acceptors (Lipinski definition) is 2. The molecule has 1 aromatic carbocycles. The van der Waals surface area contributed by atoms with E-state index in [4.69, 9.17) is 4.74 Å². The Morgan fingerprint density at radius 3 is 2.83 bits per heavy atom. The number of fused-ring (bicyclic) bond motifs is 1.